The van der Waals surface area contributed by atoms with Crippen molar-refractivity contribution in [3.05, 3.63) is 76.6 Å². The Kier molecular flexibility index (Phi) is 8.02. The fourth-order valence-electron chi connectivity index (χ4n) is 3.76. The fraction of sp³-hybridized carbons (Fsp3) is 0.292. The molecule has 186 valence electrons. The summed E-state index contributed by atoms with van der Waals surface area (Å²) in [6.07, 6.45) is -0.463. The lowest BCUT2D eigenvalue weighted by Crippen LogP contribution is -2.53. The zero-order valence-corrected chi connectivity index (χ0v) is 19.2. The monoisotopic (exact) mass is 486 g/mol. The van der Waals surface area contributed by atoms with Crippen molar-refractivity contribution in [1.29, 1.82) is 5.41 Å². The number of methoxy groups -OCH3 is 1. The number of nitrogens with two attached hydrogens (primary N) is 2. The van der Waals surface area contributed by atoms with E-state index in [1.807, 2.05) is 0 Å². The van der Waals surface area contributed by atoms with Gasteiger partial charge in [-0.25, -0.2) is 8.78 Å². The number of nitrogens with one attached hydrogen (secondary N) is 4. The minimum atomic E-state index is -2.91. The van der Waals surface area contributed by atoms with Crippen LogP contribution in [0.2, 0.25) is 0 Å². The first kappa shape index (κ1) is 25.6. The lowest BCUT2D eigenvalue weighted by atomic mass is 9.99. The summed E-state index contributed by atoms with van der Waals surface area (Å²) in [4.78, 5) is 24.5. The van der Waals surface area contributed by atoms with Gasteiger partial charge in [0.25, 0.3) is 17.7 Å². The van der Waals surface area contributed by atoms with E-state index < -0.39 is 30.8 Å². The molecule has 0 radical (unpaired) electrons. The third-order valence-electron chi connectivity index (χ3n) is 5.49. The van der Waals surface area contributed by atoms with Crippen molar-refractivity contribution in [3.8, 4) is 5.75 Å². The van der Waals surface area contributed by atoms with Gasteiger partial charge in [-0.05, 0) is 17.7 Å². The summed E-state index contributed by atoms with van der Waals surface area (Å²) in [6.45, 7) is 0.0134. The minimum Gasteiger partial charge on any atom is -0.496 e. The first-order valence-electron chi connectivity index (χ1n) is 10.9. The number of carbonyl (C=O) groups is 2. The second kappa shape index (κ2) is 11.0. The Bertz CT molecular complexity index is 1130. The van der Waals surface area contributed by atoms with Crippen LogP contribution < -0.4 is 32.2 Å². The second-order valence-corrected chi connectivity index (χ2v) is 8.14. The molecule has 9 nitrogen and oxygen atoms in total. The number of hydrogen-bond donors (Lipinski definition) is 6. The molecule has 3 rings (SSSR count). The zero-order chi connectivity index (χ0) is 25.6. The van der Waals surface area contributed by atoms with Crippen molar-refractivity contribution in [2.24, 2.45) is 11.5 Å². The molecule has 11 heteroatoms. The normalized spacial score (nSPS) is 17.6. The van der Waals surface area contributed by atoms with Crippen LogP contribution in [-0.2, 0) is 11.3 Å². The quantitative estimate of drug-likeness (QED) is 0.231. The Morgan fingerprint density at radius 1 is 1.17 bits per heavy atom. The van der Waals surface area contributed by atoms with Gasteiger partial charge in [-0.1, -0.05) is 36.4 Å². The van der Waals surface area contributed by atoms with E-state index in [9.17, 15) is 18.4 Å². The summed E-state index contributed by atoms with van der Waals surface area (Å²) in [7, 11) is 1.48. The standard InChI is InChI=1S/C24H28F2N6O3/c1-35-18-5-3-2-4-17(18)23(34)31-11-14-6-8-15(9-7-14)20(27)19(22(29)33)21(28)32-16-10-24(25,26)13-30-12-16/h2-9,16,27,30,32H,10-13,28H2,1H3,(H2,29,33)(H,31,34)/b21-19+,27-20?. The molecule has 1 saturated heterocycles. The maximum Gasteiger partial charge on any atom is 0.262 e. The minimum absolute atomic E-state index is 0.218. The van der Waals surface area contributed by atoms with Crippen molar-refractivity contribution in [1.82, 2.24) is 16.0 Å². The molecule has 1 heterocycles. The molecule has 8 N–H and O–H groups in total. The van der Waals surface area contributed by atoms with Gasteiger partial charge in [0.2, 0.25) is 0 Å². The van der Waals surface area contributed by atoms with E-state index in [1.165, 1.54) is 7.11 Å². The van der Waals surface area contributed by atoms with Crippen molar-refractivity contribution in [3.63, 3.8) is 0 Å². The number of amides is 2. The average molecular weight is 487 g/mol. The van der Waals surface area contributed by atoms with Gasteiger partial charge in [0, 0.05) is 31.1 Å². The topological polar surface area (TPSA) is 155 Å². The van der Waals surface area contributed by atoms with Gasteiger partial charge in [0.1, 0.15) is 17.1 Å². The number of rotatable bonds is 9. The Morgan fingerprint density at radius 2 is 1.86 bits per heavy atom. The van der Waals surface area contributed by atoms with Crippen LogP contribution in [0.1, 0.15) is 27.9 Å². The second-order valence-electron chi connectivity index (χ2n) is 8.14. The van der Waals surface area contributed by atoms with Crippen LogP contribution >= 0.6 is 0 Å². The summed E-state index contributed by atoms with van der Waals surface area (Å²) in [5.41, 5.74) is 12.4. The molecule has 0 aliphatic carbocycles. The summed E-state index contributed by atoms with van der Waals surface area (Å²) in [6, 6.07) is 12.6. The van der Waals surface area contributed by atoms with Crippen LogP contribution in [-0.4, -0.2) is 49.7 Å². The number of halogens is 2. The molecule has 0 saturated carbocycles. The molecule has 35 heavy (non-hydrogen) atoms. The van der Waals surface area contributed by atoms with E-state index in [4.69, 9.17) is 21.6 Å². The van der Waals surface area contributed by atoms with Crippen molar-refractivity contribution in [2.75, 3.05) is 20.2 Å². The molecule has 1 aliphatic rings. The van der Waals surface area contributed by atoms with Crippen molar-refractivity contribution in [2.45, 2.75) is 24.9 Å². The van der Waals surface area contributed by atoms with Gasteiger partial charge in [0.15, 0.2) is 0 Å². The van der Waals surface area contributed by atoms with Gasteiger partial charge in [-0.2, -0.15) is 0 Å². The SMILES string of the molecule is COc1ccccc1C(=O)NCc1ccc(C(=N)/C(C(N)=O)=C(/N)NC2CNCC(F)(F)C2)cc1. The third kappa shape index (κ3) is 6.54. The van der Waals surface area contributed by atoms with E-state index in [0.29, 0.717) is 16.9 Å². The molecule has 2 aromatic rings. The predicted molar refractivity (Wildman–Crippen MR) is 127 cm³/mol. The van der Waals surface area contributed by atoms with Crippen LogP contribution in [0.15, 0.2) is 59.9 Å². The maximum absolute atomic E-state index is 13.6. The third-order valence-corrected chi connectivity index (χ3v) is 5.49. The van der Waals surface area contributed by atoms with Gasteiger partial charge in [-0.3, -0.25) is 15.0 Å². The zero-order valence-electron chi connectivity index (χ0n) is 19.2. The molecule has 2 amide bonds. The molecule has 1 unspecified atom stereocenters. The number of primary amides is 1. The molecule has 0 spiro atoms. The molecular formula is C24H28F2N6O3. The summed E-state index contributed by atoms with van der Waals surface area (Å²) >= 11 is 0. The van der Waals surface area contributed by atoms with Crippen molar-refractivity contribution >= 4 is 17.5 Å². The van der Waals surface area contributed by atoms with Gasteiger partial charge < -0.3 is 32.2 Å². The highest BCUT2D eigenvalue weighted by Crippen LogP contribution is 2.23. The maximum atomic E-state index is 13.6. The predicted octanol–water partition coefficient (Wildman–Crippen LogP) is 1.24. The van der Waals surface area contributed by atoms with Crippen LogP contribution in [0, 0.1) is 5.41 Å². The van der Waals surface area contributed by atoms with Gasteiger partial charge in [-0.15, -0.1) is 0 Å². The molecule has 1 fully saturated rings. The van der Waals surface area contributed by atoms with Crippen LogP contribution in [0.5, 0.6) is 5.75 Å². The summed E-state index contributed by atoms with van der Waals surface area (Å²) in [5.74, 6) is -3.95. The highest BCUT2D eigenvalue weighted by atomic mass is 19.3. The molecule has 0 aromatic heterocycles. The van der Waals surface area contributed by atoms with E-state index in [2.05, 4.69) is 16.0 Å². The van der Waals surface area contributed by atoms with E-state index in [1.54, 1.807) is 48.5 Å². The fourth-order valence-corrected chi connectivity index (χ4v) is 3.76. The number of hydrogen-bond acceptors (Lipinski definition) is 7. The average Bonchev–Trinajstić information content (AvgIpc) is 2.82. The molecule has 1 atom stereocenters. The molecule has 1 aliphatic heterocycles. The number of alkyl halides is 2. The van der Waals surface area contributed by atoms with E-state index >= 15 is 0 Å². The van der Waals surface area contributed by atoms with Crippen molar-refractivity contribution < 1.29 is 23.1 Å². The molecular weight excluding hydrogens is 458 g/mol. The largest absolute Gasteiger partial charge is 0.496 e. The Labute approximate surface area is 201 Å². The van der Waals surface area contributed by atoms with Crippen LogP contribution in [0.3, 0.4) is 0 Å². The van der Waals surface area contributed by atoms with Gasteiger partial charge in [0.05, 0.1) is 24.9 Å². The Morgan fingerprint density at radius 3 is 2.49 bits per heavy atom. The van der Waals surface area contributed by atoms with Gasteiger partial charge >= 0.3 is 0 Å². The van der Waals surface area contributed by atoms with E-state index in [0.717, 1.165) is 5.56 Å². The number of carbonyl (C=O) groups excluding carboxylic acids is 2. The Hall–Kier alpha value is -3.99. The highest BCUT2D eigenvalue weighted by Gasteiger charge is 2.36. The summed E-state index contributed by atoms with van der Waals surface area (Å²) in [5, 5.41) is 16.5. The van der Waals surface area contributed by atoms with Crippen LogP contribution in [0.25, 0.3) is 0 Å². The number of piperidine rings is 1. The number of para-hydroxylation sites is 1. The molecule has 0 bridgehead atoms. The lowest BCUT2D eigenvalue weighted by Gasteiger charge is -2.31. The molecule has 2 aromatic carbocycles. The number of benzene rings is 2. The first-order valence-corrected chi connectivity index (χ1v) is 10.9. The highest BCUT2D eigenvalue weighted by molar-refractivity contribution is 6.26. The number of ether oxygens (including phenoxy) is 1. The summed E-state index contributed by atoms with van der Waals surface area (Å²) < 4.78 is 32.5. The lowest BCUT2D eigenvalue weighted by molar-refractivity contribution is -0.114. The first-order chi connectivity index (χ1) is 16.6. The Balaban J connectivity index is 1.68. The van der Waals surface area contributed by atoms with Crippen LogP contribution in [0.4, 0.5) is 8.78 Å². The smallest absolute Gasteiger partial charge is 0.262 e. The van der Waals surface area contributed by atoms with E-state index in [-0.39, 0.29) is 36.1 Å².